The molecule has 37 heavy (non-hydrogen) atoms. The molecule has 4 aromatic carbocycles. The van der Waals surface area contributed by atoms with Crippen LogP contribution in [0.3, 0.4) is 0 Å². The lowest BCUT2D eigenvalue weighted by atomic mass is 9.93. The quantitative estimate of drug-likeness (QED) is 0.343. The van der Waals surface area contributed by atoms with E-state index in [1.54, 1.807) is 17.0 Å². The fraction of sp³-hybridized carbons (Fsp3) is 0.188. The molecule has 5 heteroatoms. The molecule has 186 valence electrons. The summed E-state index contributed by atoms with van der Waals surface area (Å²) in [7, 11) is 0. The Bertz CT molecular complexity index is 1460. The van der Waals surface area contributed by atoms with E-state index >= 15 is 0 Å². The van der Waals surface area contributed by atoms with Gasteiger partial charge in [0.1, 0.15) is 11.8 Å². The van der Waals surface area contributed by atoms with E-state index in [0.717, 1.165) is 22.3 Å². The predicted molar refractivity (Wildman–Crippen MR) is 146 cm³/mol. The van der Waals surface area contributed by atoms with Crippen molar-refractivity contribution < 1.29 is 14.7 Å². The number of nitrogens with one attached hydrogen (secondary N) is 1. The summed E-state index contributed by atoms with van der Waals surface area (Å²) in [6.45, 7) is 6.01. The summed E-state index contributed by atoms with van der Waals surface area (Å²) in [5.41, 5.74) is 4.66. The zero-order valence-electron chi connectivity index (χ0n) is 21.2. The Labute approximate surface area is 217 Å². The van der Waals surface area contributed by atoms with Gasteiger partial charge in [0.05, 0.1) is 5.56 Å². The molecule has 0 fully saturated rings. The van der Waals surface area contributed by atoms with Crippen molar-refractivity contribution in [3.8, 4) is 28.0 Å². The van der Waals surface area contributed by atoms with Crippen molar-refractivity contribution in [3.63, 3.8) is 0 Å². The van der Waals surface area contributed by atoms with Crippen LogP contribution < -0.4 is 5.32 Å². The van der Waals surface area contributed by atoms with Gasteiger partial charge in [-0.25, -0.2) is 0 Å². The van der Waals surface area contributed by atoms with Gasteiger partial charge in [-0.1, -0.05) is 91.0 Å². The predicted octanol–water partition coefficient (Wildman–Crippen LogP) is 6.34. The average molecular weight is 491 g/mol. The van der Waals surface area contributed by atoms with Crippen LogP contribution in [-0.4, -0.2) is 27.4 Å². The smallest absolute Gasteiger partial charge is 0.256 e. The highest BCUT2D eigenvalue weighted by Gasteiger charge is 2.44. The molecule has 5 rings (SSSR count). The maximum Gasteiger partial charge on any atom is 0.256 e. The molecule has 0 aromatic heterocycles. The summed E-state index contributed by atoms with van der Waals surface area (Å²) in [6, 6.07) is 29.7. The Hall–Kier alpha value is -4.38. The van der Waals surface area contributed by atoms with Crippen LogP contribution in [0.5, 0.6) is 5.75 Å². The van der Waals surface area contributed by atoms with E-state index in [2.05, 4.69) is 5.32 Å². The molecule has 4 aromatic rings. The number of carbonyl (C=O) groups is 2. The van der Waals surface area contributed by atoms with Crippen LogP contribution in [0.25, 0.3) is 22.3 Å². The minimum atomic E-state index is -0.825. The van der Waals surface area contributed by atoms with E-state index in [1.165, 1.54) is 0 Å². The van der Waals surface area contributed by atoms with Crippen molar-refractivity contribution in [2.75, 3.05) is 0 Å². The first-order chi connectivity index (χ1) is 17.7. The monoisotopic (exact) mass is 490 g/mol. The van der Waals surface area contributed by atoms with E-state index in [4.69, 9.17) is 0 Å². The molecular weight excluding hydrogens is 460 g/mol. The second-order valence-corrected chi connectivity index (χ2v) is 10.4. The highest BCUT2D eigenvalue weighted by Crippen LogP contribution is 2.44. The number of benzene rings is 4. The maximum absolute atomic E-state index is 14.1. The Morgan fingerprint density at radius 2 is 1.41 bits per heavy atom. The number of rotatable bonds is 5. The maximum atomic E-state index is 14.1. The van der Waals surface area contributed by atoms with Crippen molar-refractivity contribution in [3.05, 3.63) is 114 Å². The summed E-state index contributed by atoms with van der Waals surface area (Å²) in [5.74, 6) is -0.511. The number of aromatic hydroxyl groups is 1. The third kappa shape index (κ3) is 4.73. The second kappa shape index (κ2) is 9.58. The lowest BCUT2D eigenvalue weighted by Crippen LogP contribution is -2.46. The van der Waals surface area contributed by atoms with Gasteiger partial charge < -0.3 is 15.3 Å². The van der Waals surface area contributed by atoms with Gasteiger partial charge in [-0.2, -0.15) is 0 Å². The third-order valence-corrected chi connectivity index (χ3v) is 6.55. The Morgan fingerprint density at radius 1 is 0.811 bits per heavy atom. The van der Waals surface area contributed by atoms with Gasteiger partial charge >= 0.3 is 0 Å². The van der Waals surface area contributed by atoms with Gasteiger partial charge in [-0.3, -0.25) is 9.59 Å². The molecule has 0 radical (unpaired) electrons. The zero-order valence-corrected chi connectivity index (χ0v) is 21.2. The first-order valence-corrected chi connectivity index (χ1v) is 12.4. The molecule has 0 saturated carbocycles. The van der Waals surface area contributed by atoms with Crippen LogP contribution in [0.15, 0.2) is 97.1 Å². The molecule has 1 aliphatic rings. The number of hydrogen-bond donors (Lipinski definition) is 2. The van der Waals surface area contributed by atoms with Crippen LogP contribution in [0.2, 0.25) is 0 Å². The normalized spacial score (nSPS) is 14.9. The molecule has 0 saturated heterocycles. The molecule has 1 unspecified atom stereocenters. The lowest BCUT2D eigenvalue weighted by Gasteiger charge is -2.29. The van der Waals surface area contributed by atoms with Gasteiger partial charge in [-0.05, 0) is 54.7 Å². The largest absolute Gasteiger partial charge is 0.507 e. The average Bonchev–Trinajstić information content (AvgIpc) is 3.16. The topological polar surface area (TPSA) is 69.6 Å². The van der Waals surface area contributed by atoms with Crippen LogP contribution in [-0.2, 0) is 11.3 Å². The van der Waals surface area contributed by atoms with Gasteiger partial charge in [-0.15, -0.1) is 0 Å². The van der Waals surface area contributed by atoms with Crippen molar-refractivity contribution in [2.24, 2.45) is 0 Å². The molecule has 2 N–H and O–H groups in total. The summed E-state index contributed by atoms with van der Waals surface area (Å²) in [4.78, 5) is 29.4. The Morgan fingerprint density at radius 3 is 2.05 bits per heavy atom. The Balaban J connectivity index is 1.64. The minimum absolute atomic E-state index is 0.0137. The number of nitrogens with zero attached hydrogens (tertiary/aromatic N) is 1. The van der Waals surface area contributed by atoms with E-state index < -0.39 is 11.6 Å². The fourth-order valence-electron chi connectivity index (χ4n) is 5.02. The van der Waals surface area contributed by atoms with E-state index in [9.17, 15) is 14.7 Å². The van der Waals surface area contributed by atoms with Gasteiger partial charge in [0.15, 0.2) is 0 Å². The number of amides is 2. The van der Waals surface area contributed by atoms with E-state index in [-0.39, 0.29) is 24.1 Å². The summed E-state index contributed by atoms with van der Waals surface area (Å²) in [6.07, 6.45) is 0. The van der Waals surface area contributed by atoms with Crippen molar-refractivity contribution >= 4 is 11.8 Å². The molecule has 2 amide bonds. The molecule has 1 aliphatic heterocycles. The number of fused-ring (bicyclic) bond motifs is 1. The molecule has 0 aliphatic carbocycles. The molecule has 5 nitrogen and oxygen atoms in total. The lowest BCUT2D eigenvalue weighted by molar-refractivity contribution is -0.127. The minimum Gasteiger partial charge on any atom is -0.507 e. The number of phenols is 1. The highest BCUT2D eigenvalue weighted by molar-refractivity contribution is 6.10. The van der Waals surface area contributed by atoms with Crippen LogP contribution in [0.4, 0.5) is 0 Å². The molecule has 0 bridgehead atoms. The SMILES string of the molecule is CC(C)(C)NC(=O)C1c2ccc(O)c(-c3ccccc3)c2C(=O)N1Cc1ccccc1-c1ccccc1. The molecule has 0 spiro atoms. The standard InChI is InChI=1S/C32H30N2O3/c1-32(2,3)33-30(36)29-25-18-19-26(35)27(22-14-8-5-9-15-22)28(25)31(37)34(29)20-23-16-10-11-17-24(23)21-12-6-4-7-13-21/h4-19,29,35H,20H2,1-3H3,(H,33,36). The van der Waals surface area contributed by atoms with E-state index in [0.29, 0.717) is 16.7 Å². The van der Waals surface area contributed by atoms with Crippen molar-refractivity contribution in [2.45, 2.75) is 38.9 Å². The summed E-state index contributed by atoms with van der Waals surface area (Å²) >= 11 is 0. The Kier molecular flexibility index (Phi) is 6.30. The van der Waals surface area contributed by atoms with Crippen LogP contribution >= 0.6 is 0 Å². The van der Waals surface area contributed by atoms with Gasteiger partial charge in [0.2, 0.25) is 5.91 Å². The second-order valence-electron chi connectivity index (χ2n) is 10.4. The van der Waals surface area contributed by atoms with E-state index in [1.807, 2.05) is 106 Å². The van der Waals surface area contributed by atoms with Crippen molar-refractivity contribution in [1.29, 1.82) is 0 Å². The molecule has 1 heterocycles. The number of carbonyl (C=O) groups excluding carboxylic acids is 2. The van der Waals surface area contributed by atoms with Gasteiger partial charge in [0, 0.05) is 17.6 Å². The fourth-order valence-corrected chi connectivity index (χ4v) is 5.02. The first-order valence-electron chi connectivity index (χ1n) is 12.4. The summed E-state index contributed by atoms with van der Waals surface area (Å²) in [5, 5.41) is 13.9. The van der Waals surface area contributed by atoms with Gasteiger partial charge in [0.25, 0.3) is 5.91 Å². The number of hydrogen-bond acceptors (Lipinski definition) is 3. The molecule has 1 atom stereocenters. The third-order valence-electron chi connectivity index (χ3n) is 6.55. The van der Waals surface area contributed by atoms with Crippen LogP contribution in [0, 0.1) is 0 Å². The first kappa shape index (κ1) is 24.3. The zero-order chi connectivity index (χ0) is 26.2. The van der Waals surface area contributed by atoms with Crippen molar-refractivity contribution in [1.82, 2.24) is 10.2 Å². The number of phenolic OH excluding ortho intramolecular Hbond substituents is 1. The molecular formula is C32H30N2O3. The van der Waals surface area contributed by atoms with Crippen LogP contribution in [0.1, 0.15) is 48.3 Å². The highest BCUT2D eigenvalue weighted by atomic mass is 16.3. The summed E-state index contributed by atoms with van der Waals surface area (Å²) < 4.78 is 0.